The van der Waals surface area contributed by atoms with E-state index < -0.39 is 0 Å². The topological polar surface area (TPSA) is 59.8 Å². The maximum absolute atomic E-state index is 13.6. The zero-order valence-electron chi connectivity index (χ0n) is 18.9. The fraction of sp³-hybridized carbons (Fsp3) is 0.154. The molecule has 0 aliphatic carbocycles. The summed E-state index contributed by atoms with van der Waals surface area (Å²) in [5.74, 6) is 2.23. The van der Waals surface area contributed by atoms with Gasteiger partial charge in [-0.25, -0.2) is 4.39 Å². The van der Waals surface area contributed by atoms with E-state index in [1.807, 2.05) is 53.4 Å². The lowest BCUT2D eigenvalue weighted by Gasteiger charge is -2.27. The summed E-state index contributed by atoms with van der Waals surface area (Å²) in [6.45, 7) is 0. The monoisotopic (exact) mass is 553 g/mol. The van der Waals surface area contributed by atoms with Gasteiger partial charge in [-0.1, -0.05) is 6.07 Å². The Labute approximate surface area is 215 Å². The molecule has 2 atom stereocenters. The van der Waals surface area contributed by atoms with Crippen LogP contribution in [0.4, 0.5) is 10.1 Å². The highest BCUT2D eigenvalue weighted by atomic mass is 79.9. The minimum absolute atomic E-state index is 0.296. The Bertz CT molecular complexity index is 1380. The lowest BCUT2D eigenvalue weighted by atomic mass is 10.0. The van der Waals surface area contributed by atoms with Crippen molar-refractivity contribution in [2.24, 2.45) is 0 Å². The number of rotatable bonds is 6. The molecule has 0 radical (unpaired) electrons. The first kappa shape index (κ1) is 23.3. The zero-order valence-corrected chi connectivity index (χ0v) is 21.3. The van der Waals surface area contributed by atoms with E-state index in [2.05, 4.69) is 26.2 Å². The van der Waals surface area contributed by atoms with E-state index in [9.17, 15) is 4.39 Å². The highest BCUT2D eigenvalue weighted by Gasteiger charge is 2.43. The van der Waals surface area contributed by atoms with E-state index in [0.29, 0.717) is 32.6 Å². The molecule has 0 saturated carbocycles. The predicted molar refractivity (Wildman–Crippen MR) is 139 cm³/mol. The van der Waals surface area contributed by atoms with Gasteiger partial charge in [0.05, 0.1) is 31.6 Å². The van der Waals surface area contributed by atoms with Gasteiger partial charge in [-0.2, -0.15) is 0 Å². The van der Waals surface area contributed by atoms with Crippen LogP contribution in [0.25, 0.3) is 11.3 Å². The Morgan fingerprint density at radius 1 is 1.06 bits per heavy atom. The van der Waals surface area contributed by atoms with Crippen molar-refractivity contribution < 1.29 is 18.3 Å². The Morgan fingerprint density at radius 3 is 2.63 bits per heavy atom. The zero-order chi connectivity index (χ0) is 24.5. The van der Waals surface area contributed by atoms with Crippen LogP contribution in [0.2, 0.25) is 0 Å². The molecule has 3 heterocycles. The summed E-state index contributed by atoms with van der Waals surface area (Å²) in [6.07, 6.45) is 1.75. The lowest BCUT2D eigenvalue weighted by Crippen LogP contribution is -2.29. The summed E-state index contributed by atoms with van der Waals surface area (Å²) in [7, 11) is 3.22. The molecule has 4 aromatic rings. The second-order valence-corrected chi connectivity index (χ2v) is 9.10. The van der Waals surface area contributed by atoms with Crippen molar-refractivity contribution >= 4 is 38.9 Å². The van der Waals surface area contributed by atoms with Crippen molar-refractivity contribution in [2.45, 2.75) is 12.1 Å². The van der Waals surface area contributed by atoms with Crippen LogP contribution in [0.15, 0.2) is 81.8 Å². The second kappa shape index (κ2) is 9.67. The fourth-order valence-corrected chi connectivity index (χ4v) is 5.12. The third-order valence-corrected chi connectivity index (χ3v) is 6.83. The molecule has 1 saturated heterocycles. The Hall–Kier alpha value is -3.43. The normalized spacial score (nSPS) is 17.4. The SMILES string of the molecule is COc1ccc(OC)c(N2C(=S)NC(c3ccccn3)C2c2ccc(-c3ccc(F)cc3Br)o2)c1. The molecule has 1 aliphatic heterocycles. The predicted octanol–water partition coefficient (Wildman–Crippen LogP) is 6.44. The average Bonchev–Trinajstić information content (AvgIpc) is 3.48. The number of nitrogens with one attached hydrogen (secondary N) is 1. The molecule has 0 amide bonds. The molecule has 0 spiro atoms. The van der Waals surface area contributed by atoms with E-state index in [-0.39, 0.29) is 17.9 Å². The van der Waals surface area contributed by atoms with E-state index in [4.69, 9.17) is 26.1 Å². The second-order valence-electron chi connectivity index (χ2n) is 7.86. The number of methoxy groups -OCH3 is 2. The van der Waals surface area contributed by atoms with Crippen molar-refractivity contribution in [3.63, 3.8) is 0 Å². The molecule has 6 nitrogen and oxygen atoms in total. The molecule has 1 fully saturated rings. The van der Waals surface area contributed by atoms with Crippen molar-refractivity contribution in [1.29, 1.82) is 0 Å². The van der Waals surface area contributed by atoms with Crippen LogP contribution >= 0.6 is 28.1 Å². The molecule has 5 rings (SSSR count). The van der Waals surface area contributed by atoms with Crippen LogP contribution in [-0.2, 0) is 0 Å². The van der Waals surface area contributed by atoms with Crippen molar-refractivity contribution in [1.82, 2.24) is 10.3 Å². The Morgan fingerprint density at radius 2 is 1.91 bits per heavy atom. The highest BCUT2D eigenvalue weighted by molar-refractivity contribution is 9.10. The molecule has 2 aromatic carbocycles. The van der Waals surface area contributed by atoms with E-state index in [1.54, 1.807) is 26.5 Å². The van der Waals surface area contributed by atoms with Gasteiger partial charge in [-0.3, -0.25) is 4.98 Å². The highest BCUT2D eigenvalue weighted by Crippen LogP contribution is 2.46. The van der Waals surface area contributed by atoms with Gasteiger partial charge in [-0.15, -0.1) is 0 Å². The van der Waals surface area contributed by atoms with Gasteiger partial charge in [0.25, 0.3) is 0 Å². The van der Waals surface area contributed by atoms with Gasteiger partial charge >= 0.3 is 0 Å². The van der Waals surface area contributed by atoms with Gasteiger partial charge in [0.2, 0.25) is 0 Å². The van der Waals surface area contributed by atoms with Gasteiger partial charge in [0.15, 0.2) is 5.11 Å². The minimum atomic E-state index is -0.383. The molecule has 2 aromatic heterocycles. The first-order valence-corrected chi connectivity index (χ1v) is 12.0. The number of halogens is 2. The Kier molecular flexibility index (Phi) is 6.44. The minimum Gasteiger partial charge on any atom is -0.497 e. The van der Waals surface area contributed by atoms with E-state index in [0.717, 1.165) is 16.9 Å². The number of thiocarbonyl (C=S) groups is 1. The van der Waals surface area contributed by atoms with Crippen molar-refractivity contribution in [3.8, 4) is 22.8 Å². The van der Waals surface area contributed by atoms with Gasteiger partial charge < -0.3 is 24.1 Å². The fourth-order valence-electron chi connectivity index (χ4n) is 4.23. The molecule has 0 bridgehead atoms. The molecule has 2 unspecified atom stereocenters. The lowest BCUT2D eigenvalue weighted by molar-refractivity contribution is 0.400. The van der Waals surface area contributed by atoms with Crippen molar-refractivity contribution in [3.05, 3.63) is 94.7 Å². The number of benzene rings is 2. The standard InChI is InChI=1S/C26H21BrFN3O3S/c1-32-16-7-9-22(33-2)20(14-16)31-25(24(30-26(31)35)19-5-3-4-12-29-19)23-11-10-21(34-23)17-8-6-15(28)13-18(17)27/h3-14,24-25H,1-2H3,(H,30,35). The van der Waals surface area contributed by atoms with Gasteiger partial charge in [-0.05, 0) is 82.7 Å². The number of pyridine rings is 1. The van der Waals surface area contributed by atoms with Crippen LogP contribution in [0.3, 0.4) is 0 Å². The number of furan rings is 1. The summed E-state index contributed by atoms with van der Waals surface area (Å²) in [4.78, 5) is 6.53. The van der Waals surface area contributed by atoms with Gasteiger partial charge in [0.1, 0.15) is 34.9 Å². The first-order valence-electron chi connectivity index (χ1n) is 10.8. The number of hydrogen-bond acceptors (Lipinski definition) is 5. The third kappa shape index (κ3) is 4.37. The first-order chi connectivity index (χ1) is 17.0. The maximum Gasteiger partial charge on any atom is 0.174 e. The van der Waals surface area contributed by atoms with Gasteiger partial charge in [0, 0.05) is 22.3 Å². The number of ether oxygens (including phenoxy) is 2. The Balaban J connectivity index is 1.65. The molecular weight excluding hydrogens is 533 g/mol. The number of nitrogens with zero attached hydrogens (tertiary/aromatic N) is 2. The van der Waals surface area contributed by atoms with E-state index >= 15 is 0 Å². The molecule has 178 valence electrons. The summed E-state index contributed by atoms with van der Waals surface area (Å²) < 4.78 is 31.7. The van der Waals surface area contributed by atoms with Crippen LogP contribution in [0, 0.1) is 5.82 Å². The number of aromatic nitrogens is 1. The molecular formula is C26H21BrFN3O3S. The third-order valence-electron chi connectivity index (χ3n) is 5.86. The molecule has 1 aliphatic rings. The summed E-state index contributed by atoms with van der Waals surface area (Å²) in [5, 5.41) is 3.90. The number of hydrogen-bond donors (Lipinski definition) is 1. The van der Waals surface area contributed by atoms with Crippen LogP contribution in [0.1, 0.15) is 23.5 Å². The summed E-state index contributed by atoms with van der Waals surface area (Å²) in [6, 6.07) is 18.9. The molecule has 35 heavy (non-hydrogen) atoms. The molecule has 9 heteroatoms. The molecule has 1 N–H and O–H groups in total. The van der Waals surface area contributed by atoms with Crippen LogP contribution < -0.4 is 19.7 Å². The summed E-state index contributed by atoms with van der Waals surface area (Å²) >= 11 is 9.23. The van der Waals surface area contributed by atoms with Crippen LogP contribution in [0.5, 0.6) is 11.5 Å². The largest absolute Gasteiger partial charge is 0.497 e. The van der Waals surface area contributed by atoms with Crippen molar-refractivity contribution in [2.75, 3.05) is 19.1 Å². The maximum atomic E-state index is 13.6. The average molecular weight is 554 g/mol. The van der Waals surface area contributed by atoms with E-state index in [1.165, 1.54) is 12.1 Å². The summed E-state index contributed by atoms with van der Waals surface area (Å²) in [5.41, 5.74) is 2.28. The quantitative estimate of drug-likeness (QED) is 0.276. The number of anilines is 1. The van der Waals surface area contributed by atoms with Crippen LogP contribution in [-0.4, -0.2) is 24.3 Å². The smallest absolute Gasteiger partial charge is 0.174 e.